The van der Waals surface area contributed by atoms with Gasteiger partial charge in [-0.1, -0.05) is 12.1 Å². The molecule has 0 unspecified atom stereocenters. The molecule has 1 aliphatic heterocycles. The monoisotopic (exact) mass is 447 g/mol. The summed E-state index contributed by atoms with van der Waals surface area (Å²) in [7, 11) is 0. The van der Waals surface area contributed by atoms with Crippen LogP contribution in [0, 0.1) is 13.8 Å². The Morgan fingerprint density at radius 3 is 2.31 bits per heavy atom. The van der Waals surface area contributed by atoms with E-state index in [1.54, 1.807) is 19.1 Å². The summed E-state index contributed by atoms with van der Waals surface area (Å²) in [5.41, 5.74) is 7.36. The highest BCUT2D eigenvalue weighted by molar-refractivity contribution is 6.35. The van der Waals surface area contributed by atoms with Crippen LogP contribution >= 0.6 is 0 Å². The second kappa shape index (κ2) is 9.04. The number of aliphatic hydroxyl groups excluding tert-OH is 1. The number of hydrogen-bond acceptors (Lipinski definition) is 4. The van der Waals surface area contributed by atoms with Gasteiger partial charge in [-0.15, -0.1) is 0 Å². The highest BCUT2D eigenvalue weighted by Gasteiger charge is 2.39. The van der Waals surface area contributed by atoms with Crippen LogP contribution < -0.4 is 15.8 Å². The van der Waals surface area contributed by atoms with Crippen molar-refractivity contribution in [1.82, 2.24) is 10.9 Å². The maximum atomic E-state index is 13.4. The fraction of sp³-hybridized carbons (Fsp3) is 0.304. The lowest BCUT2D eigenvalue weighted by Crippen LogP contribution is -2.37. The Balaban J connectivity index is 2.08. The first-order chi connectivity index (χ1) is 15.0. The van der Waals surface area contributed by atoms with E-state index in [9.17, 15) is 22.8 Å². The number of amides is 2. The minimum Gasteiger partial charge on any atom is -0.396 e. The second-order valence-corrected chi connectivity index (χ2v) is 7.72. The van der Waals surface area contributed by atoms with Gasteiger partial charge in [-0.25, -0.2) is 0 Å². The molecule has 32 heavy (non-hydrogen) atoms. The third kappa shape index (κ3) is 4.77. The number of halogens is 3. The van der Waals surface area contributed by atoms with Crippen LogP contribution in [0.5, 0.6) is 0 Å². The lowest BCUT2D eigenvalue weighted by molar-refractivity contribution is -0.137. The molecule has 0 fully saturated rings. The lowest BCUT2D eigenvalue weighted by atomic mass is 10.0. The van der Waals surface area contributed by atoms with E-state index in [2.05, 4.69) is 10.9 Å². The molecule has 6 nitrogen and oxygen atoms in total. The van der Waals surface area contributed by atoms with E-state index in [4.69, 9.17) is 5.11 Å². The minimum atomic E-state index is -4.56. The summed E-state index contributed by atoms with van der Waals surface area (Å²) in [6.45, 7) is 5.11. The molecular weight excluding hydrogens is 423 g/mol. The Bertz CT molecular complexity index is 1070. The topological polar surface area (TPSA) is 81.7 Å². The number of allylic oxidation sites excluding steroid dienone is 1. The maximum absolute atomic E-state index is 13.4. The van der Waals surface area contributed by atoms with Gasteiger partial charge >= 0.3 is 6.18 Å². The molecule has 3 N–H and O–H groups in total. The van der Waals surface area contributed by atoms with Gasteiger partial charge in [0, 0.05) is 30.0 Å². The predicted octanol–water partition coefficient (Wildman–Crippen LogP) is 4.12. The van der Waals surface area contributed by atoms with Crippen LogP contribution in [0.25, 0.3) is 5.57 Å². The smallest absolute Gasteiger partial charge is 0.396 e. The van der Waals surface area contributed by atoms with Gasteiger partial charge in [-0.3, -0.25) is 19.9 Å². The Morgan fingerprint density at radius 1 is 1.06 bits per heavy atom. The SMILES string of the molecule is C/C(NNC(=O)CCCO)=C1/C(=O)N(c2cc(C)cc(C)c2)c2cc(C(F)(F)F)ccc21. The zero-order valence-corrected chi connectivity index (χ0v) is 17.9. The van der Waals surface area contributed by atoms with Crippen LogP contribution in [0.4, 0.5) is 24.5 Å². The van der Waals surface area contributed by atoms with E-state index < -0.39 is 17.6 Å². The number of carbonyl (C=O) groups is 2. The molecule has 0 aliphatic carbocycles. The van der Waals surface area contributed by atoms with Gasteiger partial charge in [0.2, 0.25) is 5.91 Å². The molecule has 0 bridgehead atoms. The Morgan fingerprint density at radius 2 is 1.72 bits per heavy atom. The van der Waals surface area contributed by atoms with Crippen LogP contribution in [-0.4, -0.2) is 23.5 Å². The summed E-state index contributed by atoms with van der Waals surface area (Å²) in [6.07, 6.45) is -4.20. The molecular formula is C23H24F3N3O3. The first-order valence-corrected chi connectivity index (χ1v) is 10.0. The van der Waals surface area contributed by atoms with Crippen molar-refractivity contribution >= 4 is 28.8 Å². The van der Waals surface area contributed by atoms with Crippen molar-refractivity contribution in [3.05, 3.63) is 64.3 Å². The predicted molar refractivity (Wildman–Crippen MR) is 115 cm³/mol. The number of anilines is 2. The van der Waals surface area contributed by atoms with E-state index in [1.165, 1.54) is 11.0 Å². The lowest BCUT2D eigenvalue weighted by Gasteiger charge is -2.20. The molecule has 9 heteroatoms. The van der Waals surface area contributed by atoms with Crippen molar-refractivity contribution in [2.75, 3.05) is 11.5 Å². The molecule has 0 aromatic heterocycles. The van der Waals surface area contributed by atoms with E-state index >= 15 is 0 Å². The van der Waals surface area contributed by atoms with Crippen molar-refractivity contribution < 1.29 is 27.9 Å². The number of benzene rings is 2. The first-order valence-electron chi connectivity index (χ1n) is 10.0. The van der Waals surface area contributed by atoms with Gasteiger partial charge in [-0.05, 0) is 62.6 Å². The molecule has 2 aromatic rings. The fourth-order valence-corrected chi connectivity index (χ4v) is 3.67. The number of carbonyl (C=O) groups excluding carboxylic acids is 2. The van der Waals surface area contributed by atoms with Crippen molar-refractivity contribution in [3.63, 3.8) is 0 Å². The second-order valence-electron chi connectivity index (χ2n) is 7.72. The molecule has 2 aromatic carbocycles. The Labute approximate surface area is 183 Å². The molecule has 0 saturated heterocycles. The zero-order chi connectivity index (χ0) is 23.6. The number of rotatable bonds is 6. The van der Waals surface area contributed by atoms with Gasteiger partial charge in [0.15, 0.2) is 0 Å². The van der Waals surface area contributed by atoms with Gasteiger partial charge in [0.25, 0.3) is 5.91 Å². The van der Waals surface area contributed by atoms with Crippen LogP contribution in [0.1, 0.15) is 42.0 Å². The summed E-state index contributed by atoms with van der Waals surface area (Å²) in [5.74, 6) is -0.887. The van der Waals surface area contributed by atoms with E-state index in [1.807, 2.05) is 19.9 Å². The van der Waals surface area contributed by atoms with Gasteiger partial charge in [0.05, 0.1) is 16.8 Å². The fourth-order valence-electron chi connectivity index (χ4n) is 3.67. The molecule has 0 atom stereocenters. The van der Waals surface area contributed by atoms with Crippen LogP contribution in [-0.2, 0) is 15.8 Å². The molecule has 0 spiro atoms. The summed E-state index contributed by atoms with van der Waals surface area (Å²) >= 11 is 0. The highest BCUT2D eigenvalue weighted by atomic mass is 19.4. The largest absolute Gasteiger partial charge is 0.416 e. The number of hydrogen-bond donors (Lipinski definition) is 3. The molecule has 1 heterocycles. The number of alkyl halides is 3. The first kappa shape index (κ1) is 23.3. The zero-order valence-electron chi connectivity index (χ0n) is 17.9. The van der Waals surface area contributed by atoms with E-state index in [-0.39, 0.29) is 36.6 Å². The number of nitrogens with zero attached hydrogens (tertiary/aromatic N) is 1. The highest BCUT2D eigenvalue weighted by Crippen LogP contribution is 2.45. The standard InChI is InChI=1S/C23H24F3N3O3/c1-13-9-14(2)11-17(10-13)29-19-12-16(23(24,25)26)6-7-18(19)21(22(29)32)15(3)27-28-20(31)5-4-8-30/h6-7,9-12,27,30H,4-5,8H2,1-3H3,(H,28,31)/b21-15-. The summed E-state index contributed by atoms with van der Waals surface area (Å²) in [6, 6.07) is 8.54. The number of nitrogens with one attached hydrogen (secondary N) is 2. The van der Waals surface area contributed by atoms with Crippen molar-refractivity contribution in [3.8, 4) is 0 Å². The molecule has 1 aliphatic rings. The molecule has 0 radical (unpaired) electrons. The number of fused-ring (bicyclic) bond motifs is 1. The van der Waals surface area contributed by atoms with Gasteiger partial charge < -0.3 is 10.5 Å². The average molecular weight is 447 g/mol. The summed E-state index contributed by atoms with van der Waals surface area (Å²) in [5, 5.41) is 8.83. The van der Waals surface area contributed by atoms with Crippen molar-refractivity contribution in [2.24, 2.45) is 0 Å². The molecule has 170 valence electrons. The average Bonchev–Trinajstić information content (AvgIpc) is 3.00. The van der Waals surface area contributed by atoms with Gasteiger partial charge in [0.1, 0.15) is 0 Å². The molecule has 0 saturated carbocycles. The summed E-state index contributed by atoms with van der Waals surface area (Å²) in [4.78, 5) is 26.5. The summed E-state index contributed by atoms with van der Waals surface area (Å²) < 4.78 is 40.2. The minimum absolute atomic E-state index is 0.0836. The van der Waals surface area contributed by atoms with E-state index in [0.717, 1.165) is 23.3 Å². The van der Waals surface area contributed by atoms with Crippen LogP contribution in [0.3, 0.4) is 0 Å². The van der Waals surface area contributed by atoms with E-state index in [0.29, 0.717) is 16.9 Å². The molecule has 2 amide bonds. The number of aliphatic hydroxyl groups is 1. The van der Waals surface area contributed by atoms with Crippen molar-refractivity contribution in [1.29, 1.82) is 0 Å². The van der Waals surface area contributed by atoms with Crippen LogP contribution in [0.15, 0.2) is 42.1 Å². The quantitative estimate of drug-likeness (QED) is 0.460. The maximum Gasteiger partial charge on any atom is 0.416 e. The van der Waals surface area contributed by atoms with Gasteiger partial charge in [-0.2, -0.15) is 13.2 Å². The number of hydrazine groups is 1. The normalized spacial score (nSPS) is 15.0. The molecule has 3 rings (SSSR count). The third-order valence-electron chi connectivity index (χ3n) is 5.04. The Kier molecular flexibility index (Phi) is 6.59. The Hall–Kier alpha value is -3.33. The number of aryl methyl sites for hydroxylation is 2. The van der Waals surface area contributed by atoms with Crippen LogP contribution in [0.2, 0.25) is 0 Å². The third-order valence-corrected chi connectivity index (χ3v) is 5.04. The van der Waals surface area contributed by atoms with Crippen molar-refractivity contribution in [2.45, 2.75) is 39.8 Å².